The highest BCUT2D eigenvalue weighted by Crippen LogP contribution is 2.26. The zero-order chi connectivity index (χ0) is 38.8. The molecule has 2 atom stereocenters. The second-order valence-corrected chi connectivity index (χ2v) is 13.6. The summed E-state index contributed by atoms with van der Waals surface area (Å²) in [5, 5.41) is 29.0. The summed E-state index contributed by atoms with van der Waals surface area (Å²) in [6, 6.07) is 30.0. The maximum Gasteiger partial charge on any atom is 0.335 e. The molecule has 5 heterocycles. The molecule has 55 heavy (non-hydrogen) atoms. The summed E-state index contributed by atoms with van der Waals surface area (Å²) < 4.78 is 22.4. The Hall–Kier alpha value is -5.40. The first-order chi connectivity index (χ1) is 26.7. The van der Waals surface area contributed by atoms with E-state index in [0.717, 1.165) is 65.8 Å². The smallest absolute Gasteiger partial charge is 0.335 e. The van der Waals surface area contributed by atoms with Crippen LogP contribution in [-0.2, 0) is 4.74 Å². The number of pyridine rings is 1. The summed E-state index contributed by atoms with van der Waals surface area (Å²) >= 11 is 0. The van der Waals surface area contributed by atoms with Crippen molar-refractivity contribution in [3.63, 3.8) is 0 Å². The summed E-state index contributed by atoms with van der Waals surface area (Å²) in [6.45, 7) is 8.52. The van der Waals surface area contributed by atoms with Gasteiger partial charge >= 0.3 is 5.97 Å². The first-order valence-corrected chi connectivity index (χ1v) is 18.6. The number of aliphatic hydroxyl groups excluding tert-OH is 2. The SMILES string of the molecule is CC(C)O.O=C(O)c1ccccc1.OC(COc1cccc2[nH]ccc12)CN1CCC(COc2ccccn2)CC1.c1cc(OCC2CO2)c2cc[nH]c2c1. The molecule has 292 valence electrons. The molecule has 0 radical (unpaired) electrons. The summed E-state index contributed by atoms with van der Waals surface area (Å²) in [7, 11) is 0. The second kappa shape index (κ2) is 21.5. The van der Waals surface area contributed by atoms with Crippen LogP contribution in [0.2, 0.25) is 0 Å². The third-order valence-corrected chi connectivity index (χ3v) is 8.67. The number of hydrogen-bond donors (Lipinski definition) is 5. The van der Waals surface area contributed by atoms with E-state index in [9.17, 15) is 9.90 Å². The molecule has 5 N–H and O–H groups in total. The minimum absolute atomic E-state index is 0.167. The van der Waals surface area contributed by atoms with Crippen LogP contribution in [0.5, 0.6) is 17.4 Å². The van der Waals surface area contributed by atoms with Gasteiger partial charge in [0.15, 0.2) is 0 Å². The normalized spacial score (nSPS) is 15.8. The first kappa shape index (κ1) is 40.8. The fraction of sp³-hybridized carbons (Fsp3) is 0.349. The Balaban J connectivity index is 0.000000176. The van der Waals surface area contributed by atoms with Gasteiger partial charge in [-0.3, -0.25) is 0 Å². The number of aromatic amines is 2. The molecule has 2 aliphatic heterocycles. The number of benzene rings is 3. The number of piperidine rings is 1. The van der Waals surface area contributed by atoms with Crippen molar-refractivity contribution >= 4 is 27.8 Å². The van der Waals surface area contributed by atoms with Gasteiger partial charge < -0.3 is 49.1 Å². The third kappa shape index (κ3) is 14.1. The maximum atomic E-state index is 10.4. The van der Waals surface area contributed by atoms with Crippen molar-refractivity contribution in [2.75, 3.05) is 46.1 Å². The Labute approximate surface area is 321 Å². The number of fused-ring (bicyclic) bond motifs is 2. The molecule has 2 fully saturated rings. The molecule has 12 heteroatoms. The van der Waals surface area contributed by atoms with Crippen molar-refractivity contribution in [1.29, 1.82) is 0 Å². The predicted molar refractivity (Wildman–Crippen MR) is 213 cm³/mol. The second-order valence-electron chi connectivity index (χ2n) is 13.6. The molecular weight excluding hydrogens is 700 g/mol. The number of likely N-dealkylation sites (tertiary alicyclic amines) is 1. The molecular formula is C43H52N4O8. The Morgan fingerprint density at radius 1 is 0.800 bits per heavy atom. The van der Waals surface area contributed by atoms with Crippen molar-refractivity contribution in [2.24, 2.45) is 5.92 Å². The first-order valence-electron chi connectivity index (χ1n) is 18.6. The van der Waals surface area contributed by atoms with Gasteiger partial charge in [0.05, 0.1) is 18.8 Å². The number of epoxide rings is 1. The van der Waals surface area contributed by atoms with E-state index in [1.165, 1.54) is 0 Å². The third-order valence-electron chi connectivity index (χ3n) is 8.67. The van der Waals surface area contributed by atoms with Gasteiger partial charge in [-0.2, -0.15) is 0 Å². The van der Waals surface area contributed by atoms with E-state index in [1.807, 2.05) is 79.1 Å². The zero-order valence-electron chi connectivity index (χ0n) is 31.4. The zero-order valence-corrected chi connectivity index (χ0v) is 31.4. The summed E-state index contributed by atoms with van der Waals surface area (Å²) in [5.74, 6) is 2.09. The minimum atomic E-state index is -0.879. The summed E-state index contributed by atoms with van der Waals surface area (Å²) in [5.41, 5.74) is 2.48. The number of hydrogen-bond acceptors (Lipinski definition) is 9. The van der Waals surface area contributed by atoms with E-state index in [0.29, 0.717) is 49.8 Å². The minimum Gasteiger partial charge on any atom is -0.490 e. The number of carbonyl (C=O) groups is 1. The lowest BCUT2D eigenvalue weighted by atomic mass is 9.97. The molecule has 12 nitrogen and oxygen atoms in total. The Morgan fingerprint density at radius 2 is 1.40 bits per heavy atom. The van der Waals surface area contributed by atoms with E-state index >= 15 is 0 Å². The summed E-state index contributed by atoms with van der Waals surface area (Å²) in [4.78, 5) is 23.0. The van der Waals surface area contributed by atoms with Crippen LogP contribution < -0.4 is 14.2 Å². The highest BCUT2D eigenvalue weighted by Gasteiger charge is 2.24. The molecule has 0 bridgehead atoms. The number of aliphatic hydroxyl groups is 2. The van der Waals surface area contributed by atoms with E-state index in [4.69, 9.17) is 29.2 Å². The number of aromatic carboxylic acids is 1. The molecule has 0 aliphatic carbocycles. The van der Waals surface area contributed by atoms with Crippen LogP contribution in [0.4, 0.5) is 0 Å². The van der Waals surface area contributed by atoms with Crippen molar-refractivity contribution in [2.45, 2.75) is 45.0 Å². The molecule has 2 unspecified atom stereocenters. The van der Waals surface area contributed by atoms with E-state index in [2.05, 4.69) is 19.9 Å². The van der Waals surface area contributed by atoms with Gasteiger partial charge in [0.1, 0.15) is 36.9 Å². The average Bonchev–Trinajstić information content (AvgIpc) is 3.66. The number of H-pyrrole nitrogens is 2. The fourth-order valence-electron chi connectivity index (χ4n) is 5.80. The number of carboxylic acid groups (broad SMARTS) is 1. The van der Waals surface area contributed by atoms with Crippen molar-refractivity contribution in [3.8, 4) is 17.4 Å². The summed E-state index contributed by atoms with van der Waals surface area (Å²) in [6.07, 6.45) is 7.35. The quantitative estimate of drug-likeness (QED) is 0.0839. The lowest BCUT2D eigenvalue weighted by Gasteiger charge is -2.32. The van der Waals surface area contributed by atoms with Crippen LogP contribution >= 0.6 is 0 Å². The molecule has 0 spiro atoms. The lowest BCUT2D eigenvalue weighted by molar-refractivity contribution is 0.0504. The maximum absolute atomic E-state index is 10.4. The highest BCUT2D eigenvalue weighted by molar-refractivity contribution is 5.87. The van der Waals surface area contributed by atoms with Crippen LogP contribution in [0, 0.1) is 5.92 Å². The van der Waals surface area contributed by atoms with Crippen LogP contribution in [0.25, 0.3) is 21.8 Å². The number of nitrogens with one attached hydrogen (secondary N) is 2. The molecule has 3 aromatic carbocycles. The van der Waals surface area contributed by atoms with Gasteiger partial charge in [0, 0.05) is 59.1 Å². The van der Waals surface area contributed by atoms with E-state index < -0.39 is 12.1 Å². The van der Waals surface area contributed by atoms with Gasteiger partial charge in [-0.25, -0.2) is 9.78 Å². The number of nitrogens with zero attached hydrogens (tertiary/aromatic N) is 2. The molecule has 6 aromatic rings. The Morgan fingerprint density at radius 3 is 1.95 bits per heavy atom. The number of ether oxygens (including phenoxy) is 4. The van der Waals surface area contributed by atoms with E-state index in [-0.39, 0.29) is 6.10 Å². The van der Waals surface area contributed by atoms with Crippen molar-refractivity contribution in [1.82, 2.24) is 19.9 Å². The largest absolute Gasteiger partial charge is 0.490 e. The van der Waals surface area contributed by atoms with E-state index in [1.54, 1.807) is 50.4 Å². The number of rotatable bonds is 12. The Kier molecular flexibility index (Phi) is 15.9. The monoisotopic (exact) mass is 752 g/mol. The topological polar surface area (TPSA) is 166 Å². The molecule has 2 aliphatic rings. The van der Waals surface area contributed by atoms with Crippen LogP contribution in [0.3, 0.4) is 0 Å². The van der Waals surface area contributed by atoms with Gasteiger partial charge in [0.25, 0.3) is 0 Å². The number of β-amino-alcohol motifs (C(OH)–C–C–N with tert-alkyl or cyclic N) is 1. The van der Waals surface area contributed by atoms with Crippen molar-refractivity contribution < 1.29 is 39.1 Å². The number of aromatic nitrogens is 3. The van der Waals surface area contributed by atoms with Gasteiger partial charge in [0.2, 0.25) is 5.88 Å². The van der Waals surface area contributed by atoms with Gasteiger partial charge in [-0.1, -0.05) is 36.4 Å². The lowest BCUT2D eigenvalue weighted by Crippen LogP contribution is -2.41. The molecule has 0 amide bonds. The Bertz CT molecular complexity index is 1970. The molecule has 3 aromatic heterocycles. The van der Waals surface area contributed by atoms with Gasteiger partial charge in [-0.15, -0.1) is 0 Å². The molecule has 2 saturated heterocycles. The fourth-order valence-corrected chi connectivity index (χ4v) is 5.80. The van der Waals surface area contributed by atoms with Crippen LogP contribution in [0.15, 0.2) is 116 Å². The predicted octanol–water partition coefficient (Wildman–Crippen LogP) is 6.81. The van der Waals surface area contributed by atoms with Gasteiger partial charge in [-0.05, 0) is 100 Å². The standard InChI is InChI=1S/C22H27N3O3.C11H11NO2.C7H6O2.C3H8O/c26-18(16-27-21-5-3-4-20-19(21)7-11-23-20)14-25-12-8-17(9-13-25)15-28-22-6-1-2-10-24-22;1-2-10-9(4-5-12-10)11(3-1)14-7-8-6-13-8;8-7(9)6-4-2-1-3-5-6;1-3(2)4/h1-7,10-11,17-18,23,26H,8-9,12-16H2;1-5,8,12H,6-7H2;1-5H,(H,8,9);3-4H,1-2H3. The highest BCUT2D eigenvalue weighted by atomic mass is 16.6. The number of carboxylic acids is 1. The molecule has 8 rings (SSSR count). The molecule has 0 saturated carbocycles. The average molecular weight is 753 g/mol. The van der Waals surface area contributed by atoms with Crippen LogP contribution in [0.1, 0.15) is 37.0 Å². The van der Waals surface area contributed by atoms with Crippen LogP contribution in [-0.4, -0.2) is 106 Å². The van der Waals surface area contributed by atoms with Crippen molar-refractivity contribution in [3.05, 3.63) is 121 Å².